The number of hydrogen-bond donors (Lipinski definition) is 1. The lowest BCUT2D eigenvalue weighted by Gasteiger charge is -2.10. The molecule has 0 saturated heterocycles. The Bertz CT molecular complexity index is 734. The lowest BCUT2D eigenvalue weighted by molar-refractivity contribution is -0.118. The van der Waals surface area contributed by atoms with Crippen LogP contribution in [0, 0.1) is 0 Å². The summed E-state index contributed by atoms with van der Waals surface area (Å²) in [7, 11) is 0. The highest BCUT2D eigenvalue weighted by Gasteiger charge is 2.08. The largest absolute Gasteiger partial charge is 0.484 e. The van der Waals surface area contributed by atoms with Gasteiger partial charge in [0.25, 0.3) is 5.91 Å². The van der Waals surface area contributed by atoms with Gasteiger partial charge in [0.15, 0.2) is 12.4 Å². The molecule has 0 unspecified atom stereocenters. The van der Waals surface area contributed by atoms with Gasteiger partial charge in [-0.15, -0.1) is 0 Å². The van der Waals surface area contributed by atoms with E-state index in [2.05, 4.69) is 10.1 Å². The molecular weight excluding hydrogens is 320 g/mol. The average molecular weight is 335 g/mol. The van der Waals surface area contributed by atoms with Crippen molar-refractivity contribution in [2.75, 3.05) is 11.9 Å². The fourth-order valence-electron chi connectivity index (χ4n) is 1.90. The molecule has 1 amide bonds. The van der Waals surface area contributed by atoms with E-state index in [-0.39, 0.29) is 18.1 Å². The van der Waals surface area contributed by atoms with E-state index in [1.807, 2.05) is 0 Å². The molecule has 0 saturated carbocycles. The van der Waals surface area contributed by atoms with Crippen LogP contribution < -0.4 is 14.8 Å². The molecule has 0 aliphatic carbocycles. The standard InChI is InChI=1S/C17H15F2NO4/c1-11(21)12-4-2-6-14(8-12)23-10-16(22)20-13-5-3-7-15(9-13)24-17(18)19/h2-9,17H,10H2,1H3,(H,20,22). The van der Waals surface area contributed by atoms with E-state index in [1.165, 1.54) is 37.3 Å². The molecule has 2 rings (SSSR count). The van der Waals surface area contributed by atoms with Crippen molar-refractivity contribution in [3.05, 3.63) is 54.1 Å². The van der Waals surface area contributed by atoms with Crippen LogP contribution in [0.3, 0.4) is 0 Å². The van der Waals surface area contributed by atoms with E-state index in [4.69, 9.17) is 4.74 Å². The molecule has 0 aromatic heterocycles. The molecule has 2 aromatic carbocycles. The molecule has 0 fully saturated rings. The summed E-state index contributed by atoms with van der Waals surface area (Å²) in [5.41, 5.74) is 0.781. The zero-order valence-corrected chi connectivity index (χ0v) is 12.8. The van der Waals surface area contributed by atoms with Gasteiger partial charge < -0.3 is 14.8 Å². The second-order valence-corrected chi connectivity index (χ2v) is 4.83. The van der Waals surface area contributed by atoms with Crippen LogP contribution in [-0.4, -0.2) is 24.9 Å². The molecule has 0 radical (unpaired) electrons. The highest BCUT2D eigenvalue weighted by atomic mass is 19.3. The maximum atomic E-state index is 12.2. The average Bonchev–Trinajstić information content (AvgIpc) is 2.53. The molecule has 5 nitrogen and oxygen atoms in total. The summed E-state index contributed by atoms with van der Waals surface area (Å²) in [6, 6.07) is 12.1. The third kappa shape index (κ3) is 5.35. The van der Waals surface area contributed by atoms with Gasteiger partial charge in [0.05, 0.1) is 0 Å². The van der Waals surface area contributed by atoms with Crippen molar-refractivity contribution in [2.24, 2.45) is 0 Å². The quantitative estimate of drug-likeness (QED) is 0.787. The highest BCUT2D eigenvalue weighted by Crippen LogP contribution is 2.19. The minimum Gasteiger partial charge on any atom is -0.484 e. The topological polar surface area (TPSA) is 64.6 Å². The number of alkyl halides is 2. The van der Waals surface area contributed by atoms with Gasteiger partial charge in [-0.05, 0) is 31.2 Å². The van der Waals surface area contributed by atoms with Crippen LogP contribution >= 0.6 is 0 Å². The molecule has 0 aliphatic heterocycles. The molecule has 0 heterocycles. The van der Waals surface area contributed by atoms with E-state index >= 15 is 0 Å². The Kier molecular flexibility index (Phi) is 5.83. The van der Waals surface area contributed by atoms with Crippen LogP contribution in [0.2, 0.25) is 0 Å². The smallest absolute Gasteiger partial charge is 0.387 e. The SMILES string of the molecule is CC(=O)c1cccc(OCC(=O)Nc2cccc(OC(F)F)c2)c1. The fourth-order valence-corrected chi connectivity index (χ4v) is 1.90. The summed E-state index contributed by atoms with van der Waals surface area (Å²) in [5.74, 6) is -0.260. The molecule has 0 bridgehead atoms. The number of ether oxygens (including phenoxy) is 2. The molecule has 7 heteroatoms. The van der Waals surface area contributed by atoms with Gasteiger partial charge in [0, 0.05) is 17.3 Å². The van der Waals surface area contributed by atoms with Crippen LogP contribution in [0.15, 0.2) is 48.5 Å². The van der Waals surface area contributed by atoms with E-state index in [0.717, 1.165) is 0 Å². The van der Waals surface area contributed by atoms with Crippen molar-refractivity contribution in [1.29, 1.82) is 0 Å². The van der Waals surface area contributed by atoms with Gasteiger partial charge in [0.2, 0.25) is 0 Å². The second kappa shape index (κ2) is 8.05. The Hall–Kier alpha value is -2.96. The zero-order chi connectivity index (χ0) is 17.5. The molecule has 2 aromatic rings. The first kappa shape index (κ1) is 17.4. The van der Waals surface area contributed by atoms with Gasteiger partial charge >= 0.3 is 6.61 Å². The number of Topliss-reactive ketones (excluding diaryl/α,β-unsaturated/α-hetero) is 1. The number of anilines is 1. The molecule has 0 spiro atoms. The van der Waals surface area contributed by atoms with Crippen molar-refractivity contribution in [1.82, 2.24) is 0 Å². The van der Waals surface area contributed by atoms with E-state index in [1.54, 1.807) is 18.2 Å². The summed E-state index contributed by atoms with van der Waals surface area (Å²) < 4.78 is 33.9. The molecule has 24 heavy (non-hydrogen) atoms. The van der Waals surface area contributed by atoms with Crippen LogP contribution in [0.5, 0.6) is 11.5 Å². The first-order valence-electron chi connectivity index (χ1n) is 7.02. The Morgan fingerprint density at radius 1 is 1.08 bits per heavy atom. The number of rotatable bonds is 7. The van der Waals surface area contributed by atoms with E-state index < -0.39 is 12.5 Å². The molecular formula is C17H15F2NO4. The number of nitrogens with one attached hydrogen (secondary N) is 1. The second-order valence-electron chi connectivity index (χ2n) is 4.83. The van der Waals surface area contributed by atoms with Crippen molar-refractivity contribution < 1.29 is 27.8 Å². The minimum atomic E-state index is -2.94. The molecule has 0 aliphatic rings. The Balaban J connectivity index is 1.91. The van der Waals surface area contributed by atoms with E-state index in [9.17, 15) is 18.4 Å². The maximum absolute atomic E-state index is 12.2. The normalized spacial score (nSPS) is 10.3. The summed E-state index contributed by atoms with van der Waals surface area (Å²) in [5, 5.41) is 2.51. The number of hydrogen-bond acceptors (Lipinski definition) is 4. The molecule has 0 atom stereocenters. The van der Waals surface area contributed by atoms with Gasteiger partial charge in [-0.2, -0.15) is 8.78 Å². The van der Waals surface area contributed by atoms with Gasteiger partial charge in [-0.3, -0.25) is 9.59 Å². The third-order valence-corrected chi connectivity index (χ3v) is 2.95. The Morgan fingerprint density at radius 3 is 2.50 bits per heavy atom. The van der Waals surface area contributed by atoms with Crippen LogP contribution in [0.1, 0.15) is 17.3 Å². The Labute approximate surface area is 137 Å². The summed E-state index contributed by atoms with van der Waals surface area (Å²) >= 11 is 0. The molecule has 1 N–H and O–H groups in total. The van der Waals surface area contributed by atoms with Gasteiger partial charge in [0.1, 0.15) is 11.5 Å². The summed E-state index contributed by atoms with van der Waals surface area (Å²) in [4.78, 5) is 23.1. The lowest BCUT2D eigenvalue weighted by Crippen LogP contribution is -2.20. The minimum absolute atomic E-state index is 0.0575. The van der Waals surface area contributed by atoms with Crippen molar-refractivity contribution in [3.8, 4) is 11.5 Å². The number of benzene rings is 2. The van der Waals surface area contributed by atoms with Gasteiger partial charge in [-0.25, -0.2) is 0 Å². The van der Waals surface area contributed by atoms with Crippen LogP contribution in [0.25, 0.3) is 0 Å². The lowest BCUT2D eigenvalue weighted by atomic mass is 10.1. The monoisotopic (exact) mass is 335 g/mol. The number of carbonyl (C=O) groups is 2. The number of carbonyl (C=O) groups excluding carboxylic acids is 2. The predicted molar refractivity (Wildman–Crippen MR) is 83.6 cm³/mol. The number of halogens is 2. The van der Waals surface area contributed by atoms with Crippen molar-refractivity contribution in [2.45, 2.75) is 13.5 Å². The first-order chi connectivity index (χ1) is 11.4. The molecule has 126 valence electrons. The number of amides is 1. The maximum Gasteiger partial charge on any atom is 0.387 e. The van der Waals surface area contributed by atoms with Gasteiger partial charge in [-0.1, -0.05) is 18.2 Å². The highest BCUT2D eigenvalue weighted by molar-refractivity contribution is 5.94. The summed E-state index contributed by atoms with van der Waals surface area (Å²) in [6.07, 6.45) is 0. The summed E-state index contributed by atoms with van der Waals surface area (Å²) in [6.45, 7) is -1.80. The van der Waals surface area contributed by atoms with Crippen LogP contribution in [-0.2, 0) is 4.79 Å². The van der Waals surface area contributed by atoms with Crippen LogP contribution in [0.4, 0.5) is 14.5 Å². The van der Waals surface area contributed by atoms with Crippen molar-refractivity contribution in [3.63, 3.8) is 0 Å². The predicted octanol–water partition coefficient (Wildman–Crippen LogP) is 3.51. The van der Waals surface area contributed by atoms with E-state index in [0.29, 0.717) is 17.0 Å². The zero-order valence-electron chi connectivity index (χ0n) is 12.8. The number of ketones is 1. The Morgan fingerprint density at radius 2 is 1.79 bits per heavy atom. The third-order valence-electron chi connectivity index (χ3n) is 2.95. The fraction of sp³-hybridized carbons (Fsp3) is 0.176. The van der Waals surface area contributed by atoms with Crippen molar-refractivity contribution >= 4 is 17.4 Å². The first-order valence-corrected chi connectivity index (χ1v) is 7.02.